The van der Waals surface area contributed by atoms with Gasteiger partial charge in [0.2, 0.25) is 11.8 Å². The molecule has 0 bridgehead atoms. The van der Waals surface area contributed by atoms with Gasteiger partial charge >= 0.3 is 0 Å². The molecule has 1 aromatic carbocycles. The van der Waals surface area contributed by atoms with Gasteiger partial charge < -0.3 is 16.4 Å². The zero-order chi connectivity index (χ0) is 15.1. The summed E-state index contributed by atoms with van der Waals surface area (Å²) in [5.41, 5.74) is 7.11. The molecule has 0 aliphatic rings. The number of nitrogen functional groups attached to an aromatic ring is 1. The third-order valence-corrected chi connectivity index (χ3v) is 2.77. The maximum Gasteiger partial charge on any atom is 0.242 e. The van der Waals surface area contributed by atoms with Gasteiger partial charge in [-0.05, 0) is 30.5 Å². The van der Waals surface area contributed by atoms with Crippen LogP contribution in [-0.4, -0.2) is 24.4 Å². The second-order valence-electron chi connectivity index (χ2n) is 5.35. The second-order valence-corrected chi connectivity index (χ2v) is 5.35. The van der Waals surface area contributed by atoms with Crippen molar-refractivity contribution in [1.82, 2.24) is 10.6 Å². The molecule has 0 radical (unpaired) electrons. The van der Waals surface area contributed by atoms with Crippen LogP contribution in [0.1, 0.15) is 26.3 Å². The quantitative estimate of drug-likeness (QED) is 0.680. The number of carbonyl (C=O) groups excluding carboxylic acids is 2. The van der Waals surface area contributed by atoms with Crippen molar-refractivity contribution in [2.45, 2.75) is 33.2 Å². The Labute approximate surface area is 119 Å². The van der Waals surface area contributed by atoms with Crippen LogP contribution in [0, 0.1) is 5.92 Å². The fraction of sp³-hybridized carbons (Fsp3) is 0.467. The normalized spacial score (nSPS) is 12.0. The number of hydrogen-bond acceptors (Lipinski definition) is 3. The van der Waals surface area contributed by atoms with Gasteiger partial charge in [0.25, 0.3) is 0 Å². The number of nitrogens with two attached hydrogens (primary N) is 1. The summed E-state index contributed by atoms with van der Waals surface area (Å²) in [5, 5.41) is 5.47. The predicted octanol–water partition coefficient (Wildman–Crippen LogP) is 1.09. The Balaban J connectivity index is 2.43. The number of rotatable bonds is 6. The highest BCUT2D eigenvalue weighted by Gasteiger charge is 2.15. The first-order valence-electron chi connectivity index (χ1n) is 6.80. The van der Waals surface area contributed by atoms with Gasteiger partial charge in [0.15, 0.2) is 0 Å². The number of anilines is 1. The largest absolute Gasteiger partial charge is 0.399 e. The summed E-state index contributed by atoms with van der Waals surface area (Å²) in [5.74, 6) is 0.0246. The summed E-state index contributed by atoms with van der Waals surface area (Å²) >= 11 is 0. The lowest BCUT2D eigenvalue weighted by Crippen LogP contribution is -2.46. The molecule has 1 rings (SSSR count). The Morgan fingerprint density at radius 1 is 1.25 bits per heavy atom. The Bertz CT molecular complexity index is 472. The van der Waals surface area contributed by atoms with E-state index in [4.69, 9.17) is 5.73 Å². The van der Waals surface area contributed by atoms with Crippen LogP contribution in [-0.2, 0) is 16.0 Å². The molecule has 0 aromatic heterocycles. The van der Waals surface area contributed by atoms with Gasteiger partial charge in [-0.25, -0.2) is 0 Å². The summed E-state index contributed by atoms with van der Waals surface area (Å²) in [6.07, 6.45) is 0.215. The summed E-state index contributed by atoms with van der Waals surface area (Å²) < 4.78 is 0. The van der Waals surface area contributed by atoms with Crippen LogP contribution in [0.15, 0.2) is 24.3 Å². The molecule has 0 aliphatic heterocycles. The van der Waals surface area contributed by atoms with Crippen molar-refractivity contribution >= 4 is 17.5 Å². The summed E-state index contributed by atoms with van der Waals surface area (Å²) in [7, 11) is 0. The molecule has 0 heterocycles. The molecule has 5 heteroatoms. The molecule has 20 heavy (non-hydrogen) atoms. The molecule has 110 valence electrons. The first-order chi connectivity index (χ1) is 9.38. The van der Waals surface area contributed by atoms with E-state index in [1.54, 1.807) is 25.1 Å². The molecular weight excluding hydrogens is 254 g/mol. The first-order valence-corrected chi connectivity index (χ1v) is 6.80. The van der Waals surface area contributed by atoms with E-state index in [1.807, 2.05) is 19.9 Å². The number of benzene rings is 1. The highest BCUT2D eigenvalue weighted by atomic mass is 16.2. The van der Waals surface area contributed by atoms with Gasteiger partial charge in [-0.2, -0.15) is 0 Å². The molecule has 0 saturated heterocycles. The van der Waals surface area contributed by atoms with E-state index < -0.39 is 6.04 Å². The zero-order valence-corrected chi connectivity index (χ0v) is 12.3. The standard InChI is InChI=1S/C15H23N3O2/c1-10(2)9-17-15(20)11(3)18-14(19)8-12-5-4-6-13(16)7-12/h4-7,10-11H,8-9,16H2,1-3H3,(H,17,20)(H,18,19). The molecule has 2 amide bonds. The molecular formula is C15H23N3O2. The molecule has 0 fully saturated rings. The monoisotopic (exact) mass is 277 g/mol. The Kier molecular flexibility index (Phi) is 6.03. The van der Waals surface area contributed by atoms with Gasteiger partial charge in [-0.1, -0.05) is 26.0 Å². The molecule has 5 nitrogen and oxygen atoms in total. The lowest BCUT2D eigenvalue weighted by molar-refractivity contribution is -0.128. The second kappa shape index (κ2) is 7.53. The molecule has 4 N–H and O–H groups in total. The highest BCUT2D eigenvalue weighted by Crippen LogP contribution is 2.07. The minimum atomic E-state index is -0.540. The van der Waals surface area contributed by atoms with Crippen molar-refractivity contribution in [3.63, 3.8) is 0 Å². The van der Waals surface area contributed by atoms with Crippen LogP contribution in [0.4, 0.5) is 5.69 Å². The smallest absolute Gasteiger partial charge is 0.242 e. The fourth-order valence-electron chi connectivity index (χ4n) is 1.70. The van der Waals surface area contributed by atoms with Gasteiger partial charge in [-0.3, -0.25) is 9.59 Å². The molecule has 1 unspecified atom stereocenters. The lowest BCUT2D eigenvalue weighted by atomic mass is 10.1. The molecule has 1 atom stereocenters. The van der Waals surface area contributed by atoms with Gasteiger partial charge in [0.1, 0.15) is 6.04 Å². The van der Waals surface area contributed by atoms with Crippen molar-refractivity contribution in [2.75, 3.05) is 12.3 Å². The summed E-state index contributed by atoms with van der Waals surface area (Å²) in [6, 6.07) is 6.62. The van der Waals surface area contributed by atoms with E-state index in [2.05, 4.69) is 10.6 Å². The molecule has 1 aromatic rings. The average Bonchev–Trinajstić information content (AvgIpc) is 2.35. The topological polar surface area (TPSA) is 84.2 Å². The maximum atomic E-state index is 11.8. The summed E-state index contributed by atoms with van der Waals surface area (Å²) in [4.78, 5) is 23.6. The van der Waals surface area contributed by atoms with E-state index in [0.717, 1.165) is 5.56 Å². The van der Waals surface area contributed by atoms with Crippen LogP contribution in [0.3, 0.4) is 0 Å². The number of amides is 2. The Morgan fingerprint density at radius 3 is 2.55 bits per heavy atom. The third-order valence-electron chi connectivity index (χ3n) is 2.77. The minimum absolute atomic E-state index is 0.167. The van der Waals surface area contributed by atoms with Gasteiger partial charge in [0.05, 0.1) is 6.42 Å². The fourth-order valence-corrected chi connectivity index (χ4v) is 1.70. The molecule has 0 aliphatic carbocycles. The average molecular weight is 277 g/mol. The maximum absolute atomic E-state index is 11.8. The minimum Gasteiger partial charge on any atom is -0.399 e. The van der Waals surface area contributed by atoms with E-state index in [1.165, 1.54) is 0 Å². The van der Waals surface area contributed by atoms with Crippen molar-refractivity contribution in [3.8, 4) is 0 Å². The van der Waals surface area contributed by atoms with E-state index in [0.29, 0.717) is 18.2 Å². The lowest BCUT2D eigenvalue weighted by Gasteiger charge is -2.15. The SMILES string of the molecule is CC(C)CNC(=O)C(C)NC(=O)Cc1cccc(N)c1. The van der Waals surface area contributed by atoms with Crippen molar-refractivity contribution in [1.29, 1.82) is 0 Å². The predicted molar refractivity (Wildman–Crippen MR) is 80.0 cm³/mol. The van der Waals surface area contributed by atoms with Crippen molar-refractivity contribution < 1.29 is 9.59 Å². The van der Waals surface area contributed by atoms with Crippen LogP contribution in [0.2, 0.25) is 0 Å². The van der Waals surface area contributed by atoms with Crippen LogP contribution < -0.4 is 16.4 Å². The summed E-state index contributed by atoms with van der Waals surface area (Å²) in [6.45, 7) is 6.31. The van der Waals surface area contributed by atoms with Crippen molar-refractivity contribution in [3.05, 3.63) is 29.8 Å². The van der Waals surface area contributed by atoms with E-state index in [-0.39, 0.29) is 18.2 Å². The van der Waals surface area contributed by atoms with Crippen LogP contribution >= 0.6 is 0 Å². The molecule has 0 saturated carbocycles. The first kappa shape index (κ1) is 16.0. The number of nitrogens with one attached hydrogen (secondary N) is 2. The Hall–Kier alpha value is -2.04. The van der Waals surface area contributed by atoms with Gasteiger partial charge in [0, 0.05) is 12.2 Å². The van der Waals surface area contributed by atoms with Crippen LogP contribution in [0.25, 0.3) is 0 Å². The van der Waals surface area contributed by atoms with Crippen LogP contribution in [0.5, 0.6) is 0 Å². The number of carbonyl (C=O) groups is 2. The third kappa shape index (κ3) is 5.73. The van der Waals surface area contributed by atoms with E-state index in [9.17, 15) is 9.59 Å². The van der Waals surface area contributed by atoms with E-state index >= 15 is 0 Å². The zero-order valence-electron chi connectivity index (χ0n) is 12.3. The van der Waals surface area contributed by atoms with Crippen molar-refractivity contribution in [2.24, 2.45) is 5.92 Å². The van der Waals surface area contributed by atoms with Gasteiger partial charge in [-0.15, -0.1) is 0 Å². The number of hydrogen-bond donors (Lipinski definition) is 3. The molecule has 0 spiro atoms. The highest BCUT2D eigenvalue weighted by molar-refractivity contribution is 5.88. The Morgan fingerprint density at radius 2 is 1.95 bits per heavy atom.